The van der Waals surface area contributed by atoms with Crippen molar-refractivity contribution in [1.82, 2.24) is 9.88 Å². The maximum absolute atomic E-state index is 12.7. The lowest BCUT2D eigenvalue weighted by Gasteiger charge is -2.12. The van der Waals surface area contributed by atoms with Crippen LogP contribution in [0.4, 0.5) is 13.2 Å². The summed E-state index contributed by atoms with van der Waals surface area (Å²) in [4.78, 5) is 28.9. The standard InChI is InChI=1S/C21H19F3N2O3/c1-12-4-9-16(29-11-13-5-7-14(8-6-13)21(22,23)24)17-15(10-25-18(12)17)19(27)20(28)26(2)3/h4-10,25H,11H2,1-3H3. The first kappa shape index (κ1) is 20.4. The number of amides is 1. The van der Waals surface area contributed by atoms with Crippen LogP contribution < -0.4 is 4.74 Å². The van der Waals surface area contributed by atoms with Gasteiger partial charge < -0.3 is 14.6 Å². The van der Waals surface area contributed by atoms with Gasteiger partial charge >= 0.3 is 6.18 Å². The van der Waals surface area contributed by atoms with Gasteiger partial charge in [-0.15, -0.1) is 0 Å². The van der Waals surface area contributed by atoms with Crippen molar-refractivity contribution >= 4 is 22.6 Å². The van der Waals surface area contributed by atoms with Crippen LogP contribution in [0, 0.1) is 6.92 Å². The molecule has 0 saturated heterocycles. The first-order chi connectivity index (χ1) is 13.6. The number of carbonyl (C=O) groups is 2. The molecule has 1 aromatic heterocycles. The number of alkyl halides is 3. The molecule has 0 atom stereocenters. The number of likely N-dealkylation sites (N-methyl/N-ethyl adjacent to an activating group) is 1. The van der Waals surface area contributed by atoms with Crippen LogP contribution in [0.25, 0.3) is 10.9 Å². The summed E-state index contributed by atoms with van der Waals surface area (Å²) < 4.78 is 43.9. The smallest absolute Gasteiger partial charge is 0.416 e. The summed E-state index contributed by atoms with van der Waals surface area (Å²) in [5, 5.41) is 0.470. The number of hydrogen-bond acceptors (Lipinski definition) is 3. The molecule has 0 fully saturated rings. The minimum atomic E-state index is -4.40. The molecule has 0 radical (unpaired) electrons. The van der Waals surface area contributed by atoms with Crippen LogP contribution in [0.15, 0.2) is 42.6 Å². The summed E-state index contributed by atoms with van der Waals surface area (Å²) in [5.74, 6) is -0.978. The van der Waals surface area contributed by atoms with Gasteiger partial charge in [0.15, 0.2) is 0 Å². The molecule has 1 N–H and O–H groups in total. The number of nitrogens with one attached hydrogen (secondary N) is 1. The summed E-state index contributed by atoms with van der Waals surface area (Å²) >= 11 is 0. The van der Waals surface area contributed by atoms with Gasteiger partial charge in [0.25, 0.3) is 11.7 Å². The molecule has 8 heteroatoms. The van der Waals surface area contributed by atoms with Crippen molar-refractivity contribution in [2.24, 2.45) is 0 Å². The van der Waals surface area contributed by atoms with Gasteiger partial charge in [0.2, 0.25) is 0 Å². The molecule has 0 aliphatic heterocycles. The van der Waals surface area contributed by atoms with Gasteiger partial charge in [-0.1, -0.05) is 18.2 Å². The first-order valence-electron chi connectivity index (χ1n) is 8.75. The minimum absolute atomic E-state index is 0.0107. The Morgan fingerprint density at radius 2 is 1.72 bits per heavy atom. The number of aromatic nitrogens is 1. The number of nitrogens with zero attached hydrogens (tertiary/aromatic N) is 1. The quantitative estimate of drug-likeness (QED) is 0.508. The van der Waals surface area contributed by atoms with E-state index in [1.807, 2.05) is 6.92 Å². The summed E-state index contributed by atoms with van der Waals surface area (Å²) in [6, 6.07) is 8.13. The van der Waals surface area contributed by atoms with Crippen molar-refractivity contribution in [1.29, 1.82) is 0 Å². The van der Waals surface area contributed by atoms with Gasteiger partial charge in [0, 0.05) is 20.3 Å². The van der Waals surface area contributed by atoms with Crippen LogP contribution in [0.5, 0.6) is 5.75 Å². The van der Waals surface area contributed by atoms with Gasteiger partial charge in [-0.2, -0.15) is 13.2 Å². The normalized spacial score (nSPS) is 11.5. The summed E-state index contributed by atoms with van der Waals surface area (Å²) in [7, 11) is 2.98. The molecule has 0 unspecified atom stereocenters. The molecular formula is C21H19F3N2O3. The lowest BCUT2D eigenvalue weighted by molar-refractivity contribution is -0.137. The van der Waals surface area contributed by atoms with Crippen molar-refractivity contribution in [2.75, 3.05) is 14.1 Å². The number of aromatic amines is 1. The fourth-order valence-corrected chi connectivity index (χ4v) is 2.93. The predicted molar refractivity (Wildman–Crippen MR) is 102 cm³/mol. The third kappa shape index (κ3) is 4.11. The highest BCUT2D eigenvalue weighted by Crippen LogP contribution is 2.33. The Labute approximate surface area is 165 Å². The molecule has 0 bridgehead atoms. The highest BCUT2D eigenvalue weighted by Gasteiger charge is 2.30. The van der Waals surface area contributed by atoms with Crippen molar-refractivity contribution in [3.05, 3.63) is 64.8 Å². The van der Waals surface area contributed by atoms with Crippen molar-refractivity contribution in [2.45, 2.75) is 19.7 Å². The molecule has 0 spiro atoms. The number of benzene rings is 2. The molecule has 1 amide bonds. The molecule has 2 aromatic carbocycles. The van der Waals surface area contributed by atoms with Crippen LogP contribution in [-0.4, -0.2) is 35.7 Å². The van der Waals surface area contributed by atoms with E-state index >= 15 is 0 Å². The number of fused-ring (bicyclic) bond motifs is 1. The van der Waals surface area contributed by atoms with E-state index < -0.39 is 23.4 Å². The number of halogens is 3. The van der Waals surface area contributed by atoms with Gasteiger partial charge in [0.05, 0.1) is 22.0 Å². The number of ketones is 1. The zero-order valence-electron chi connectivity index (χ0n) is 16.1. The van der Waals surface area contributed by atoms with Crippen LogP contribution >= 0.6 is 0 Å². The molecule has 5 nitrogen and oxygen atoms in total. The summed E-state index contributed by atoms with van der Waals surface area (Å²) in [6.07, 6.45) is -2.94. The van der Waals surface area contributed by atoms with E-state index in [0.717, 1.165) is 17.7 Å². The minimum Gasteiger partial charge on any atom is -0.488 e. The van der Waals surface area contributed by atoms with Gasteiger partial charge in [-0.3, -0.25) is 9.59 Å². The Morgan fingerprint density at radius 1 is 1.07 bits per heavy atom. The van der Waals surface area contributed by atoms with Crippen LogP contribution in [0.1, 0.15) is 27.0 Å². The second-order valence-corrected chi connectivity index (χ2v) is 6.85. The van der Waals surface area contributed by atoms with E-state index in [4.69, 9.17) is 4.74 Å². The maximum Gasteiger partial charge on any atom is 0.416 e. The number of hydrogen-bond donors (Lipinski definition) is 1. The third-order valence-electron chi connectivity index (χ3n) is 4.53. The molecule has 0 aliphatic rings. The molecule has 3 aromatic rings. The van der Waals surface area contributed by atoms with E-state index in [9.17, 15) is 22.8 Å². The van der Waals surface area contributed by atoms with E-state index in [1.54, 1.807) is 12.1 Å². The fraction of sp³-hybridized carbons (Fsp3) is 0.238. The zero-order chi connectivity index (χ0) is 21.3. The number of ether oxygens (including phenoxy) is 1. The van der Waals surface area contributed by atoms with Gasteiger partial charge in [0.1, 0.15) is 12.4 Å². The Hall–Kier alpha value is -3.29. The number of H-pyrrole nitrogens is 1. The molecule has 152 valence electrons. The molecule has 29 heavy (non-hydrogen) atoms. The highest BCUT2D eigenvalue weighted by molar-refractivity contribution is 6.45. The van der Waals surface area contributed by atoms with E-state index in [2.05, 4.69) is 4.98 Å². The second kappa shape index (κ2) is 7.62. The lowest BCUT2D eigenvalue weighted by Crippen LogP contribution is -2.29. The zero-order valence-corrected chi connectivity index (χ0v) is 16.1. The maximum atomic E-state index is 12.7. The first-order valence-corrected chi connectivity index (χ1v) is 8.75. The monoisotopic (exact) mass is 404 g/mol. The molecule has 0 saturated carbocycles. The second-order valence-electron chi connectivity index (χ2n) is 6.85. The number of aryl methyl sites for hydroxylation is 1. The topological polar surface area (TPSA) is 62.4 Å². The SMILES string of the molecule is Cc1ccc(OCc2ccc(C(F)(F)F)cc2)c2c(C(=O)C(=O)N(C)C)c[nH]c12. The largest absolute Gasteiger partial charge is 0.488 e. The van der Waals surface area contributed by atoms with E-state index in [-0.39, 0.29) is 12.2 Å². The average molecular weight is 404 g/mol. The van der Waals surface area contributed by atoms with E-state index in [0.29, 0.717) is 22.2 Å². The highest BCUT2D eigenvalue weighted by atomic mass is 19.4. The van der Waals surface area contributed by atoms with Crippen LogP contribution in [0.3, 0.4) is 0 Å². The predicted octanol–water partition coefficient (Wildman–Crippen LogP) is 4.35. The van der Waals surface area contributed by atoms with Gasteiger partial charge in [-0.25, -0.2) is 0 Å². The molecular weight excluding hydrogens is 385 g/mol. The average Bonchev–Trinajstić information content (AvgIpc) is 3.12. The summed E-state index contributed by atoms with van der Waals surface area (Å²) in [6.45, 7) is 1.86. The Kier molecular flexibility index (Phi) is 5.37. The number of rotatable bonds is 5. The number of carbonyl (C=O) groups excluding carboxylic acids is 2. The van der Waals surface area contributed by atoms with Crippen molar-refractivity contribution in [3.63, 3.8) is 0 Å². The van der Waals surface area contributed by atoms with Crippen LogP contribution in [0.2, 0.25) is 0 Å². The third-order valence-corrected chi connectivity index (χ3v) is 4.53. The molecule has 0 aliphatic carbocycles. The molecule has 3 rings (SSSR count). The Bertz CT molecular complexity index is 1070. The van der Waals surface area contributed by atoms with Crippen LogP contribution in [-0.2, 0) is 17.6 Å². The number of Topliss-reactive ketones (excluding diaryl/α,β-unsaturated/α-hetero) is 1. The molecule has 1 heterocycles. The fourth-order valence-electron chi connectivity index (χ4n) is 2.93. The van der Waals surface area contributed by atoms with E-state index in [1.165, 1.54) is 37.3 Å². The summed E-state index contributed by atoms with van der Waals surface area (Å²) in [5.41, 5.74) is 1.51. The Morgan fingerprint density at radius 3 is 2.31 bits per heavy atom. The Balaban J connectivity index is 1.91. The van der Waals surface area contributed by atoms with Crippen molar-refractivity contribution < 1.29 is 27.5 Å². The van der Waals surface area contributed by atoms with Crippen molar-refractivity contribution in [3.8, 4) is 5.75 Å². The van der Waals surface area contributed by atoms with Gasteiger partial charge in [-0.05, 0) is 36.2 Å². The lowest BCUT2D eigenvalue weighted by atomic mass is 10.0.